The van der Waals surface area contributed by atoms with Gasteiger partial charge in [-0.3, -0.25) is 10.2 Å². The van der Waals surface area contributed by atoms with Crippen LogP contribution in [0.3, 0.4) is 0 Å². The van der Waals surface area contributed by atoms with Crippen LogP contribution >= 0.6 is 27.7 Å². The highest BCUT2D eigenvalue weighted by atomic mass is 79.9. The van der Waals surface area contributed by atoms with Gasteiger partial charge in [0, 0.05) is 21.5 Å². The zero-order valence-corrected chi connectivity index (χ0v) is 9.90. The number of nitrogens with one attached hydrogen (secondary N) is 1. The minimum Gasteiger partial charge on any atom is -0.294 e. The van der Waals surface area contributed by atoms with Crippen LogP contribution in [-0.2, 0) is 4.79 Å². The molecule has 0 heterocycles. The second-order valence-corrected chi connectivity index (χ2v) is 4.71. The summed E-state index contributed by atoms with van der Waals surface area (Å²) in [5.74, 6) is 5.56. The Morgan fingerprint density at radius 3 is 3.00 bits per heavy atom. The Bertz CT molecular complexity index is 319. The third-order valence-corrected chi connectivity index (χ3v) is 3.04. The van der Waals surface area contributed by atoms with Crippen molar-refractivity contribution in [1.82, 2.24) is 5.43 Å². The molecule has 0 aliphatic heterocycles. The fourth-order valence-corrected chi connectivity index (χ4v) is 2.35. The molecular weight excluding hydrogens is 264 g/mol. The van der Waals surface area contributed by atoms with E-state index in [0.717, 1.165) is 15.1 Å². The van der Waals surface area contributed by atoms with Crippen LogP contribution in [0.5, 0.6) is 0 Å². The molecule has 0 aromatic heterocycles. The molecule has 0 spiro atoms. The summed E-state index contributed by atoms with van der Waals surface area (Å²) >= 11 is 5.02. The van der Waals surface area contributed by atoms with Gasteiger partial charge in [0.1, 0.15) is 0 Å². The highest BCUT2D eigenvalue weighted by Crippen LogP contribution is 2.22. The van der Waals surface area contributed by atoms with Crippen molar-refractivity contribution in [2.75, 3.05) is 5.75 Å². The van der Waals surface area contributed by atoms with Gasteiger partial charge in [-0.05, 0) is 18.2 Å². The minimum absolute atomic E-state index is 0.132. The van der Waals surface area contributed by atoms with E-state index in [9.17, 15) is 4.79 Å². The summed E-state index contributed by atoms with van der Waals surface area (Å²) < 4.78 is 1.05. The number of rotatable bonds is 4. The van der Waals surface area contributed by atoms with Crippen LogP contribution in [0.25, 0.3) is 0 Å². The summed E-state index contributed by atoms with van der Waals surface area (Å²) in [5.41, 5.74) is 2.10. The third kappa shape index (κ3) is 4.13. The van der Waals surface area contributed by atoms with E-state index < -0.39 is 0 Å². The molecule has 14 heavy (non-hydrogen) atoms. The number of carbonyl (C=O) groups excluding carboxylic acids is 1. The van der Waals surface area contributed by atoms with E-state index in [0.29, 0.717) is 6.42 Å². The van der Waals surface area contributed by atoms with Gasteiger partial charge in [-0.2, -0.15) is 0 Å². The van der Waals surface area contributed by atoms with Crippen LogP contribution in [0.1, 0.15) is 6.42 Å². The van der Waals surface area contributed by atoms with Crippen LogP contribution in [0.2, 0.25) is 0 Å². The lowest BCUT2D eigenvalue weighted by molar-refractivity contribution is -0.120. The largest absolute Gasteiger partial charge is 0.294 e. The normalized spacial score (nSPS) is 9.86. The summed E-state index contributed by atoms with van der Waals surface area (Å²) in [6.07, 6.45) is 0.438. The Hall–Kier alpha value is -0.520. The molecule has 3 nitrogen and oxygen atoms in total. The molecule has 1 amide bonds. The minimum atomic E-state index is -0.132. The topological polar surface area (TPSA) is 55.1 Å². The number of benzene rings is 1. The molecule has 3 N–H and O–H groups in total. The van der Waals surface area contributed by atoms with Crippen molar-refractivity contribution in [3.8, 4) is 0 Å². The lowest BCUT2D eigenvalue weighted by atomic mass is 10.4. The molecule has 1 aromatic rings. The Morgan fingerprint density at radius 2 is 2.36 bits per heavy atom. The summed E-state index contributed by atoms with van der Waals surface area (Å²) in [7, 11) is 0. The average Bonchev–Trinajstić information content (AvgIpc) is 2.17. The van der Waals surface area contributed by atoms with Gasteiger partial charge in [0.15, 0.2) is 0 Å². The van der Waals surface area contributed by atoms with Gasteiger partial charge in [0.25, 0.3) is 0 Å². The number of hydrogen-bond acceptors (Lipinski definition) is 3. The van der Waals surface area contributed by atoms with Crippen molar-refractivity contribution in [2.45, 2.75) is 11.3 Å². The highest BCUT2D eigenvalue weighted by molar-refractivity contribution is 9.10. The zero-order valence-electron chi connectivity index (χ0n) is 7.50. The molecule has 0 aliphatic rings. The number of thioether (sulfide) groups is 1. The Balaban J connectivity index is 2.35. The fraction of sp³-hybridized carbons (Fsp3) is 0.222. The van der Waals surface area contributed by atoms with Crippen molar-refractivity contribution in [1.29, 1.82) is 0 Å². The molecule has 0 bridgehead atoms. The van der Waals surface area contributed by atoms with Crippen molar-refractivity contribution < 1.29 is 4.79 Å². The van der Waals surface area contributed by atoms with Crippen molar-refractivity contribution in [2.24, 2.45) is 5.84 Å². The van der Waals surface area contributed by atoms with E-state index in [1.54, 1.807) is 11.8 Å². The number of amides is 1. The fourth-order valence-electron chi connectivity index (χ4n) is 0.891. The maximum Gasteiger partial charge on any atom is 0.234 e. The number of hydrazine groups is 1. The van der Waals surface area contributed by atoms with Crippen LogP contribution in [0, 0.1) is 0 Å². The Morgan fingerprint density at radius 1 is 1.57 bits per heavy atom. The van der Waals surface area contributed by atoms with Gasteiger partial charge in [0.05, 0.1) is 0 Å². The molecule has 0 saturated heterocycles. The second kappa shape index (κ2) is 6.06. The summed E-state index contributed by atoms with van der Waals surface area (Å²) in [6.45, 7) is 0. The average molecular weight is 275 g/mol. The lowest BCUT2D eigenvalue weighted by Gasteiger charge is -2.01. The van der Waals surface area contributed by atoms with Crippen LogP contribution in [0.15, 0.2) is 33.6 Å². The van der Waals surface area contributed by atoms with Gasteiger partial charge >= 0.3 is 0 Å². The maximum absolute atomic E-state index is 10.8. The first-order chi connectivity index (χ1) is 6.72. The molecule has 0 atom stereocenters. The van der Waals surface area contributed by atoms with E-state index in [1.165, 1.54) is 0 Å². The standard InChI is InChI=1S/C9H11BrN2OS/c10-7-2-1-3-8(6-7)14-5-4-9(13)12-11/h1-3,6H,4-5,11H2,(H,12,13). The van der Waals surface area contributed by atoms with Gasteiger partial charge in [-0.15, -0.1) is 11.8 Å². The maximum atomic E-state index is 10.8. The number of nitrogens with two attached hydrogens (primary N) is 1. The molecule has 0 radical (unpaired) electrons. The van der Waals surface area contributed by atoms with E-state index in [-0.39, 0.29) is 5.91 Å². The summed E-state index contributed by atoms with van der Waals surface area (Å²) in [6, 6.07) is 7.97. The quantitative estimate of drug-likeness (QED) is 0.382. The monoisotopic (exact) mass is 274 g/mol. The SMILES string of the molecule is NNC(=O)CCSc1cccc(Br)c1. The van der Waals surface area contributed by atoms with Crippen LogP contribution in [-0.4, -0.2) is 11.7 Å². The summed E-state index contributed by atoms with van der Waals surface area (Å²) in [4.78, 5) is 12.0. The van der Waals surface area contributed by atoms with Crippen LogP contribution < -0.4 is 11.3 Å². The van der Waals surface area contributed by atoms with Gasteiger partial charge in [-0.1, -0.05) is 22.0 Å². The van der Waals surface area contributed by atoms with Gasteiger partial charge in [0.2, 0.25) is 5.91 Å². The molecule has 76 valence electrons. The molecular formula is C9H11BrN2OS. The van der Waals surface area contributed by atoms with E-state index in [1.807, 2.05) is 24.3 Å². The molecule has 1 rings (SSSR count). The lowest BCUT2D eigenvalue weighted by Crippen LogP contribution is -2.30. The predicted molar refractivity (Wildman–Crippen MR) is 61.8 cm³/mol. The molecule has 0 fully saturated rings. The Labute approximate surface area is 95.5 Å². The van der Waals surface area contributed by atoms with Crippen molar-refractivity contribution in [3.05, 3.63) is 28.7 Å². The first-order valence-corrected chi connectivity index (χ1v) is 5.88. The molecule has 0 unspecified atom stereocenters. The predicted octanol–water partition coefficient (Wildman–Crippen LogP) is 1.92. The Kier molecular flexibility index (Phi) is 5.00. The molecule has 0 aliphatic carbocycles. The molecule has 0 saturated carbocycles. The van der Waals surface area contributed by atoms with Gasteiger partial charge in [-0.25, -0.2) is 5.84 Å². The first kappa shape index (κ1) is 11.6. The number of carbonyl (C=O) groups is 1. The summed E-state index contributed by atoms with van der Waals surface area (Å²) in [5, 5.41) is 0. The smallest absolute Gasteiger partial charge is 0.234 e. The highest BCUT2D eigenvalue weighted by Gasteiger charge is 1.99. The first-order valence-electron chi connectivity index (χ1n) is 4.10. The number of halogens is 1. The second-order valence-electron chi connectivity index (χ2n) is 2.62. The number of hydrogen-bond donors (Lipinski definition) is 2. The van der Waals surface area contributed by atoms with E-state index in [2.05, 4.69) is 21.4 Å². The molecule has 5 heteroatoms. The van der Waals surface area contributed by atoms with Crippen molar-refractivity contribution in [3.63, 3.8) is 0 Å². The van der Waals surface area contributed by atoms with Gasteiger partial charge < -0.3 is 0 Å². The van der Waals surface area contributed by atoms with Crippen molar-refractivity contribution >= 4 is 33.6 Å². The van der Waals surface area contributed by atoms with E-state index in [4.69, 9.17) is 5.84 Å². The van der Waals surface area contributed by atoms with E-state index >= 15 is 0 Å². The zero-order chi connectivity index (χ0) is 10.4. The third-order valence-electron chi connectivity index (χ3n) is 1.55. The van der Waals surface area contributed by atoms with Crippen LogP contribution in [0.4, 0.5) is 0 Å². The molecule has 1 aromatic carbocycles.